The fraction of sp³-hybridized carbons (Fsp3) is 0.350. The molecule has 1 aromatic carbocycles. The number of nitrogens with one attached hydrogen (secondary N) is 2. The van der Waals surface area contributed by atoms with Crippen molar-refractivity contribution in [1.29, 1.82) is 0 Å². The second kappa shape index (κ2) is 6.61. The minimum Gasteiger partial charge on any atom is -0.494 e. The van der Waals surface area contributed by atoms with Gasteiger partial charge in [0.25, 0.3) is 0 Å². The summed E-state index contributed by atoms with van der Waals surface area (Å²) in [5.41, 5.74) is 4.49. The lowest BCUT2D eigenvalue weighted by Crippen LogP contribution is -2.31. The zero-order valence-electron chi connectivity index (χ0n) is 15.3. The number of aromatic nitrogens is 2. The number of rotatable bonds is 4. The minimum atomic E-state index is -0.379. The van der Waals surface area contributed by atoms with E-state index in [0.29, 0.717) is 6.04 Å². The average Bonchev–Trinajstić information content (AvgIpc) is 2.94. The van der Waals surface area contributed by atoms with E-state index in [1.807, 2.05) is 13.1 Å². The van der Waals surface area contributed by atoms with Gasteiger partial charge < -0.3 is 19.9 Å². The standard InChI is InChI=1S/C20H23FN4O/c1-22-12-5-8-17-15(10-12)14-6-9-19(24-20(14)25(17)2)23-13-4-7-16(21)18(11-13)26-3/h4,6-7,9,11-12,22H,5,8,10H2,1-3H3,(H,23,24). The first kappa shape index (κ1) is 16.8. The molecule has 0 bridgehead atoms. The van der Waals surface area contributed by atoms with Crippen LogP contribution in [0.25, 0.3) is 11.0 Å². The molecule has 0 spiro atoms. The molecular formula is C20H23FN4O. The molecule has 26 heavy (non-hydrogen) atoms. The summed E-state index contributed by atoms with van der Waals surface area (Å²) >= 11 is 0. The molecule has 1 atom stereocenters. The van der Waals surface area contributed by atoms with Gasteiger partial charge in [0.15, 0.2) is 11.6 Å². The molecule has 136 valence electrons. The van der Waals surface area contributed by atoms with Crippen molar-refractivity contribution in [1.82, 2.24) is 14.9 Å². The number of ether oxygens (including phenoxy) is 1. The molecule has 3 aromatic rings. The SMILES string of the molecule is CNC1CCc2c(c3ccc(Nc4ccc(F)c(OC)c4)nc3n2C)C1. The van der Waals surface area contributed by atoms with Crippen molar-refractivity contribution in [2.75, 3.05) is 19.5 Å². The Labute approximate surface area is 152 Å². The average molecular weight is 354 g/mol. The van der Waals surface area contributed by atoms with E-state index in [9.17, 15) is 4.39 Å². The lowest BCUT2D eigenvalue weighted by molar-refractivity contribution is 0.387. The predicted molar refractivity (Wildman–Crippen MR) is 102 cm³/mol. The van der Waals surface area contributed by atoms with Crippen molar-refractivity contribution in [3.8, 4) is 5.75 Å². The summed E-state index contributed by atoms with van der Waals surface area (Å²) in [6.45, 7) is 0. The maximum atomic E-state index is 13.6. The lowest BCUT2D eigenvalue weighted by Gasteiger charge is -2.22. The van der Waals surface area contributed by atoms with Crippen molar-refractivity contribution < 1.29 is 9.13 Å². The number of methoxy groups -OCH3 is 1. The molecule has 2 heterocycles. The minimum absolute atomic E-state index is 0.212. The third kappa shape index (κ3) is 2.80. The Morgan fingerprint density at radius 1 is 1.27 bits per heavy atom. The Hall–Kier alpha value is -2.60. The van der Waals surface area contributed by atoms with Gasteiger partial charge >= 0.3 is 0 Å². The summed E-state index contributed by atoms with van der Waals surface area (Å²) in [6, 6.07) is 9.33. The Morgan fingerprint density at radius 2 is 2.12 bits per heavy atom. The van der Waals surface area contributed by atoms with E-state index in [2.05, 4.69) is 28.3 Å². The van der Waals surface area contributed by atoms with Crippen LogP contribution < -0.4 is 15.4 Å². The van der Waals surface area contributed by atoms with E-state index in [-0.39, 0.29) is 11.6 Å². The maximum Gasteiger partial charge on any atom is 0.165 e. The number of nitrogens with zero attached hydrogens (tertiary/aromatic N) is 2. The predicted octanol–water partition coefficient (Wildman–Crippen LogP) is 3.54. The summed E-state index contributed by atoms with van der Waals surface area (Å²) in [6.07, 6.45) is 3.24. The Balaban J connectivity index is 1.69. The number of fused-ring (bicyclic) bond motifs is 3. The highest BCUT2D eigenvalue weighted by atomic mass is 19.1. The molecule has 2 N–H and O–H groups in total. The number of halogens is 1. The van der Waals surface area contributed by atoms with Crippen LogP contribution in [-0.4, -0.2) is 29.8 Å². The number of likely N-dealkylation sites (N-methyl/N-ethyl adjacent to an activating group) is 1. The van der Waals surface area contributed by atoms with Gasteiger partial charge in [-0.1, -0.05) is 0 Å². The van der Waals surface area contributed by atoms with Gasteiger partial charge in [-0.25, -0.2) is 9.37 Å². The van der Waals surface area contributed by atoms with Crippen molar-refractivity contribution in [2.24, 2.45) is 7.05 Å². The van der Waals surface area contributed by atoms with Gasteiger partial charge in [0.2, 0.25) is 0 Å². The third-order valence-electron chi connectivity index (χ3n) is 5.28. The molecule has 5 nitrogen and oxygen atoms in total. The molecule has 0 saturated heterocycles. The van der Waals surface area contributed by atoms with Crippen molar-refractivity contribution in [3.63, 3.8) is 0 Å². The largest absolute Gasteiger partial charge is 0.494 e. The van der Waals surface area contributed by atoms with E-state index in [1.165, 1.54) is 29.8 Å². The Bertz CT molecular complexity index is 966. The first-order valence-corrected chi connectivity index (χ1v) is 8.85. The van der Waals surface area contributed by atoms with Crippen LogP contribution in [0.4, 0.5) is 15.9 Å². The molecule has 1 aliphatic carbocycles. The van der Waals surface area contributed by atoms with Gasteiger partial charge in [-0.2, -0.15) is 0 Å². The second-order valence-corrected chi connectivity index (χ2v) is 6.75. The van der Waals surface area contributed by atoms with Crippen LogP contribution in [0.15, 0.2) is 30.3 Å². The molecule has 0 aliphatic heterocycles. The van der Waals surface area contributed by atoms with E-state index < -0.39 is 0 Å². The number of hydrogen-bond acceptors (Lipinski definition) is 4. The van der Waals surface area contributed by atoms with Gasteiger partial charge in [0, 0.05) is 35.9 Å². The maximum absolute atomic E-state index is 13.6. The number of pyridine rings is 1. The molecule has 1 aliphatic rings. The second-order valence-electron chi connectivity index (χ2n) is 6.75. The van der Waals surface area contributed by atoms with E-state index >= 15 is 0 Å². The monoisotopic (exact) mass is 354 g/mol. The van der Waals surface area contributed by atoms with Crippen molar-refractivity contribution >= 4 is 22.5 Å². The number of aryl methyl sites for hydroxylation is 1. The number of benzene rings is 1. The molecule has 0 amide bonds. The lowest BCUT2D eigenvalue weighted by atomic mass is 9.92. The first-order valence-electron chi connectivity index (χ1n) is 8.85. The van der Waals surface area contributed by atoms with Crippen molar-refractivity contribution in [2.45, 2.75) is 25.3 Å². The number of anilines is 2. The summed E-state index contributed by atoms with van der Waals surface area (Å²) in [7, 11) is 5.57. The molecule has 1 unspecified atom stereocenters. The van der Waals surface area contributed by atoms with Crippen LogP contribution in [0, 0.1) is 5.82 Å². The van der Waals surface area contributed by atoms with Crippen LogP contribution >= 0.6 is 0 Å². The van der Waals surface area contributed by atoms with Gasteiger partial charge in [-0.05, 0) is 56.1 Å². The van der Waals surface area contributed by atoms with Crippen LogP contribution in [0.1, 0.15) is 17.7 Å². The molecule has 4 rings (SSSR count). The molecule has 6 heteroatoms. The normalized spacial score (nSPS) is 16.5. The first-order chi connectivity index (χ1) is 12.6. The van der Waals surface area contributed by atoms with Crippen LogP contribution in [0.5, 0.6) is 5.75 Å². The molecular weight excluding hydrogens is 331 g/mol. The highest BCUT2D eigenvalue weighted by molar-refractivity contribution is 5.84. The van der Waals surface area contributed by atoms with E-state index in [0.717, 1.165) is 36.4 Å². The van der Waals surface area contributed by atoms with Crippen molar-refractivity contribution in [3.05, 3.63) is 47.4 Å². The van der Waals surface area contributed by atoms with Gasteiger partial charge in [0.05, 0.1) is 7.11 Å². The Morgan fingerprint density at radius 3 is 2.88 bits per heavy atom. The molecule has 0 radical (unpaired) electrons. The summed E-state index contributed by atoms with van der Waals surface area (Å²) in [5.74, 6) is 0.563. The summed E-state index contributed by atoms with van der Waals surface area (Å²) in [4.78, 5) is 4.80. The van der Waals surface area contributed by atoms with Gasteiger partial charge in [0.1, 0.15) is 11.5 Å². The zero-order chi connectivity index (χ0) is 18.3. The van der Waals surface area contributed by atoms with Crippen LogP contribution in [0.3, 0.4) is 0 Å². The van der Waals surface area contributed by atoms with E-state index in [4.69, 9.17) is 9.72 Å². The fourth-order valence-corrected chi connectivity index (χ4v) is 3.83. The quantitative estimate of drug-likeness (QED) is 0.752. The summed E-state index contributed by atoms with van der Waals surface area (Å²) in [5, 5.41) is 7.85. The van der Waals surface area contributed by atoms with E-state index in [1.54, 1.807) is 12.1 Å². The Kier molecular flexibility index (Phi) is 4.28. The number of hydrogen-bond donors (Lipinski definition) is 2. The zero-order valence-corrected chi connectivity index (χ0v) is 15.3. The molecule has 0 saturated carbocycles. The topological polar surface area (TPSA) is 51.1 Å². The van der Waals surface area contributed by atoms with Crippen LogP contribution in [0.2, 0.25) is 0 Å². The molecule has 0 fully saturated rings. The van der Waals surface area contributed by atoms with Gasteiger partial charge in [-0.15, -0.1) is 0 Å². The smallest absolute Gasteiger partial charge is 0.165 e. The summed E-state index contributed by atoms with van der Waals surface area (Å²) < 4.78 is 20.8. The van der Waals surface area contributed by atoms with Crippen LogP contribution in [-0.2, 0) is 19.9 Å². The fourth-order valence-electron chi connectivity index (χ4n) is 3.83. The molecule has 2 aromatic heterocycles. The van der Waals surface area contributed by atoms with Gasteiger partial charge in [-0.3, -0.25) is 0 Å². The third-order valence-corrected chi connectivity index (χ3v) is 5.28. The highest BCUT2D eigenvalue weighted by Crippen LogP contribution is 2.32. The highest BCUT2D eigenvalue weighted by Gasteiger charge is 2.24.